The third-order valence-electron chi connectivity index (χ3n) is 5.62. The van der Waals surface area contributed by atoms with Gasteiger partial charge in [0.2, 0.25) is 5.91 Å². The Morgan fingerprint density at radius 2 is 1.61 bits per heavy atom. The molecule has 3 amide bonds. The Bertz CT molecular complexity index is 1560. The first-order valence-electron chi connectivity index (χ1n) is 12.3. The minimum absolute atomic E-state index is 0.0374. The lowest BCUT2D eigenvalue weighted by Gasteiger charge is -2.16. The fourth-order valence-electron chi connectivity index (χ4n) is 3.63. The maximum atomic E-state index is 13.3. The molecule has 1 aromatic heterocycles. The van der Waals surface area contributed by atoms with E-state index in [1.807, 2.05) is 17.5 Å². The molecule has 0 spiro atoms. The Balaban J connectivity index is 1.45. The van der Waals surface area contributed by atoms with Gasteiger partial charge in [-0.2, -0.15) is 13.2 Å². The quantitative estimate of drug-likeness (QED) is 0.140. The number of benzene rings is 3. The maximum Gasteiger partial charge on any atom is 0.418 e. The van der Waals surface area contributed by atoms with E-state index < -0.39 is 34.7 Å². The van der Waals surface area contributed by atoms with Crippen molar-refractivity contribution in [2.75, 3.05) is 10.6 Å². The fraction of sp³-hybridized carbons (Fsp3) is 0.100. The SMILES string of the molecule is CC(Sc1cccc(NC(=O)/C(=C/c2cccs2)NC(=O)c2ccccc2)c1)C(=O)Nc1ccccc1C(F)(F)F. The molecule has 1 heterocycles. The van der Waals surface area contributed by atoms with Crippen molar-refractivity contribution in [3.8, 4) is 0 Å². The third-order valence-corrected chi connectivity index (χ3v) is 7.54. The van der Waals surface area contributed by atoms with Crippen molar-refractivity contribution in [2.24, 2.45) is 0 Å². The summed E-state index contributed by atoms with van der Waals surface area (Å²) in [6.45, 7) is 1.57. The van der Waals surface area contributed by atoms with E-state index in [1.165, 1.54) is 29.5 Å². The average molecular weight is 596 g/mol. The molecule has 1 atom stereocenters. The van der Waals surface area contributed by atoms with E-state index in [2.05, 4.69) is 16.0 Å². The Labute approximate surface area is 242 Å². The number of carbonyl (C=O) groups is 3. The van der Waals surface area contributed by atoms with Crippen molar-refractivity contribution in [1.29, 1.82) is 0 Å². The number of carbonyl (C=O) groups excluding carboxylic acids is 3. The van der Waals surface area contributed by atoms with Crippen LogP contribution in [0.1, 0.15) is 27.7 Å². The van der Waals surface area contributed by atoms with Crippen molar-refractivity contribution in [3.63, 3.8) is 0 Å². The fourth-order valence-corrected chi connectivity index (χ4v) is 5.22. The van der Waals surface area contributed by atoms with Crippen LogP contribution in [-0.2, 0) is 15.8 Å². The Morgan fingerprint density at radius 3 is 2.32 bits per heavy atom. The molecule has 3 N–H and O–H groups in total. The minimum atomic E-state index is -4.61. The normalized spacial score (nSPS) is 12.3. The van der Waals surface area contributed by atoms with Crippen LogP contribution in [0.2, 0.25) is 0 Å². The second kappa shape index (κ2) is 13.3. The lowest BCUT2D eigenvalue weighted by atomic mass is 10.1. The first-order valence-corrected chi connectivity index (χ1v) is 14.0. The van der Waals surface area contributed by atoms with Crippen LogP contribution in [0, 0.1) is 0 Å². The molecule has 210 valence electrons. The molecule has 0 fully saturated rings. The van der Waals surface area contributed by atoms with Gasteiger partial charge in [-0.15, -0.1) is 23.1 Å². The summed E-state index contributed by atoms with van der Waals surface area (Å²) < 4.78 is 39.9. The highest BCUT2D eigenvalue weighted by atomic mass is 32.2. The summed E-state index contributed by atoms with van der Waals surface area (Å²) in [5.74, 6) is -1.61. The second-order valence-corrected chi connectivity index (χ2v) is 11.1. The zero-order chi connectivity index (χ0) is 29.4. The largest absolute Gasteiger partial charge is 0.418 e. The molecule has 4 rings (SSSR count). The molecule has 3 aromatic carbocycles. The summed E-state index contributed by atoms with van der Waals surface area (Å²) in [6, 6.07) is 23.6. The van der Waals surface area contributed by atoms with Crippen LogP contribution in [0.5, 0.6) is 0 Å². The van der Waals surface area contributed by atoms with Crippen molar-refractivity contribution in [3.05, 3.63) is 118 Å². The summed E-state index contributed by atoms with van der Waals surface area (Å²) in [7, 11) is 0. The van der Waals surface area contributed by atoms with Crippen molar-refractivity contribution < 1.29 is 27.6 Å². The summed E-state index contributed by atoms with van der Waals surface area (Å²) in [5, 5.41) is 8.89. The number of nitrogens with one attached hydrogen (secondary N) is 3. The molecule has 4 aromatic rings. The molecule has 41 heavy (non-hydrogen) atoms. The zero-order valence-electron chi connectivity index (χ0n) is 21.6. The lowest BCUT2D eigenvalue weighted by molar-refractivity contribution is -0.137. The third kappa shape index (κ3) is 8.32. The molecule has 0 aliphatic heterocycles. The number of para-hydroxylation sites is 1. The van der Waals surface area contributed by atoms with Crippen LogP contribution >= 0.6 is 23.1 Å². The molecule has 11 heteroatoms. The van der Waals surface area contributed by atoms with E-state index >= 15 is 0 Å². The van der Waals surface area contributed by atoms with Crippen LogP contribution < -0.4 is 16.0 Å². The summed E-state index contributed by atoms with van der Waals surface area (Å²) in [6.07, 6.45) is -3.03. The van der Waals surface area contributed by atoms with Gasteiger partial charge in [0, 0.05) is 21.0 Å². The van der Waals surface area contributed by atoms with E-state index in [4.69, 9.17) is 0 Å². The maximum absolute atomic E-state index is 13.3. The van der Waals surface area contributed by atoms with Gasteiger partial charge in [0.1, 0.15) is 5.70 Å². The standard InChI is InChI=1S/C30H24F3N3O3S2/c1-19(27(37)35-25-15-6-5-14-24(25)30(31,32)33)41-23-12-7-11-21(17-23)34-29(39)26(18-22-13-8-16-40-22)36-28(38)20-9-3-2-4-10-20/h2-19H,1H3,(H,34,39)(H,35,37)(H,36,38)/b26-18-. The molecule has 0 bridgehead atoms. The predicted octanol–water partition coefficient (Wildman–Crippen LogP) is 7.30. The molecule has 0 aliphatic carbocycles. The number of thioether (sulfide) groups is 1. The molecule has 0 radical (unpaired) electrons. The van der Waals surface area contributed by atoms with Gasteiger partial charge in [0.15, 0.2) is 0 Å². The number of amides is 3. The van der Waals surface area contributed by atoms with Crippen molar-refractivity contribution in [1.82, 2.24) is 5.32 Å². The number of hydrogen-bond donors (Lipinski definition) is 3. The first-order chi connectivity index (χ1) is 19.6. The number of halogens is 3. The smallest absolute Gasteiger partial charge is 0.325 e. The van der Waals surface area contributed by atoms with Crippen LogP contribution in [0.3, 0.4) is 0 Å². The zero-order valence-corrected chi connectivity index (χ0v) is 23.2. The van der Waals surface area contributed by atoms with Crippen LogP contribution in [0.25, 0.3) is 6.08 Å². The molecule has 6 nitrogen and oxygen atoms in total. The molecule has 0 saturated heterocycles. The topological polar surface area (TPSA) is 87.3 Å². The van der Waals surface area contributed by atoms with Gasteiger partial charge in [0.05, 0.1) is 16.5 Å². The van der Waals surface area contributed by atoms with Gasteiger partial charge in [-0.3, -0.25) is 14.4 Å². The van der Waals surface area contributed by atoms with E-state index in [-0.39, 0.29) is 11.4 Å². The van der Waals surface area contributed by atoms with E-state index in [9.17, 15) is 27.6 Å². The first kappa shape index (κ1) is 29.6. The Hall–Kier alpha value is -4.35. The van der Waals surface area contributed by atoms with E-state index in [0.717, 1.165) is 22.7 Å². The highest BCUT2D eigenvalue weighted by molar-refractivity contribution is 8.00. The van der Waals surface area contributed by atoms with Gasteiger partial charge in [-0.1, -0.05) is 42.5 Å². The van der Waals surface area contributed by atoms with Gasteiger partial charge in [-0.05, 0) is 66.9 Å². The second-order valence-electron chi connectivity index (χ2n) is 8.67. The molecular formula is C30H24F3N3O3S2. The number of thiophene rings is 1. The summed E-state index contributed by atoms with van der Waals surface area (Å²) in [5.41, 5.74) is -0.417. The predicted molar refractivity (Wildman–Crippen MR) is 157 cm³/mol. The molecular weight excluding hydrogens is 571 g/mol. The number of anilines is 2. The number of alkyl halides is 3. The molecule has 0 aliphatic rings. The minimum Gasteiger partial charge on any atom is -0.325 e. The highest BCUT2D eigenvalue weighted by Crippen LogP contribution is 2.35. The van der Waals surface area contributed by atoms with Crippen LogP contribution in [0.15, 0.2) is 107 Å². The Kier molecular flexibility index (Phi) is 9.64. The van der Waals surface area contributed by atoms with E-state index in [1.54, 1.807) is 67.6 Å². The van der Waals surface area contributed by atoms with Crippen molar-refractivity contribution in [2.45, 2.75) is 23.2 Å². The van der Waals surface area contributed by atoms with Gasteiger partial charge in [-0.25, -0.2) is 0 Å². The van der Waals surface area contributed by atoms with Gasteiger partial charge >= 0.3 is 6.18 Å². The van der Waals surface area contributed by atoms with Gasteiger partial charge in [0.25, 0.3) is 11.8 Å². The highest BCUT2D eigenvalue weighted by Gasteiger charge is 2.34. The van der Waals surface area contributed by atoms with Crippen LogP contribution in [0.4, 0.5) is 24.5 Å². The molecule has 0 saturated carbocycles. The number of hydrogen-bond acceptors (Lipinski definition) is 5. The summed E-state index contributed by atoms with van der Waals surface area (Å²) in [4.78, 5) is 40.0. The van der Waals surface area contributed by atoms with E-state index in [0.29, 0.717) is 16.1 Å². The molecule has 1 unspecified atom stereocenters. The average Bonchev–Trinajstić information content (AvgIpc) is 3.46. The van der Waals surface area contributed by atoms with Gasteiger partial charge < -0.3 is 16.0 Å². The van der Waals surface area contributed by atoms with Crippen molar-refractivity contribution >= 4 is 58.3 Å². The summed E-state index contributed by atoms with van der Waals surface area (Å²) >= 11 is 2.52. The Morgan fingerprint density at radius 1 is 0.878 bits per heavy atom. The monoisotopic (exact) mass is 595 g/mol. The lowest BCUT2D eigenvalue weighted by Crippen LogP contribution is -2.30. The number of rotatable bonds is 9. The van der Waals surface area contributed by atoms with Crippen LogP contribution in [-0.4, -0.2) is 23.0 Å².